The Kier molecular flexibility index (Phi) is 4.43. The topological polar surface area (TPSA) is 89.0 Å². The van der Waals surface area contributed by atoms with Gasteiger partial charge in [-0.3, -0.25) is 14.2 Å². The molecule has 0 saturated heterocycles. The van der Waals surface area contributed by atoms with E-state index >= 15 is 0 Å². The SMILES string of the molecule is COc1cnc(-n2c(=O)n(C)c3cnc4cc(OC)c(-c5cnn(C)c5)cc4c32)c(F)c1. The van der Waals surface area contributed by atoms with E-state index in [1.807, 2.05) is 19.3 Å². The van der Waals surface area contributed by atoms with Crippen molar-refractivity contribution >= 4 is 21.9 Å². The lowest BCUT2D eigenvalue weighted by molar-refractivity contribution is 0.408. The summed E-state index contributed by atoms with van der Waals surface area (Å²) in [6, 6.07) is 4.86. The van der Waals surface area contributed by atoms with E-state index in [4.69, 9.17) is 9.47 Å². The molecule has 0 N–H and O–H groups in total. The molecule has 9 nitrogen and oxygen atoms in total. The number of fused-ring (bicyclic) bond motifs is 3. The third-order valence-corrected chi connectivity index (χ3v) is 5.46. The maximum atomic E-state index is 14.9. The third kappa shape index (κ3) is 2.83. The largest absolute Gasteiger partial charge is 0.496 e. The van der Waals surface area contributed by atoms with Gasteiger partial charge in [0.15, 0.2) is 11.6 Å². The van der Waals surface area contributed by atoms with Crippen LogP contribution in [0.4, 0.5) is 4.39 Å². The number of hydrogen-bond donors (Lipinski definition) is 0. The molecule has 0 atom stereocenters. The fraction of sp³-hybridized carbons (Fsp3) is 0.182. The minimum Gasteiger partial charge on any atom is -0.496 e. The lowest BCUT2D eigenvalue weighted by Crippen LogP contribution is -2.22. The molecule has 10 heteroatoms. The fourth-order valence-corrected chi connectivity index (χ4v) is 3.87. The molecule has 5 rings (SSSR count). The second-order valence-corrected chi connectivity index (χ2v) is 7.32. The smallest absolute Gasteiger partial charge is 0.334 e. The van der Waals surface area contributed by atoms with Crippen LogP contribution in [-0.2, 0) is 14.1 Å². The van der Waals surface area contributed by atoms with Crippen LogP contribution in [-0.4, -0.2) is 43.1 Å². The van der Waals surface area contributed by atoms with Crippen LogP contribution in [0.2, 0.25) is 0 Å². The van der Waals surface area contributed by atoms with Crippen LogP contribution in [0.5, 0.6) is 11.5 Å². The number of benzene rings is 1. The van der Waals surface area contributed by atoms with Gasteiger partial charge in [-0.1, -0.05) is 0 Å². The molecule has 0 saturated carbocycles. The van der Waals surface area contributed by atoms with Crippen LogP contribution in [0.3, 0.4) is 0 Å². The Labute approximate surface area is 181 Å². The molecule has 1 aromatic carbocycles. The van der Waals surface area contributed by atoms with Crippen molar-refractivity contribution in [2.24, 2.45) is 14.1 Å². The first-order valence-electron chi connectivity index (χ1n) is 9.70. The van der Waals surface area contributed by atoms with Crippen LogP contribution in [0, 0.1) is 5.82 Å². The summed E-state index contributed by atoms with van der Waals surface area (Å²) in [6.45, 7) is 0. The molecule has 0 bridgehead atoms. The summed E-state index contributed by atoms with van der Waals surface area (Å²) in [7, 11) is 6.44. The van der Waals surface area contributed by atoms with Crippen molar-refractivity contribution in [3.63, 3.8) is 0 Å². The van der Waals surface area contributed by atoms with Gasteiger partial charge in [-0.25, -0.2) is 18.7 Å². The van der Waals surface area contributed by atoms with E-state index in [9.17, 15) is 9.18 Å². The Hall–Kier alpha value is -4.21. The highest BCUT2D eigenvalue weighted by molar-refractivity contribution is 6.05. The number of aromatic nitrogens is 6. The minimum absolute atomic E-state index is 0.118. The van der Waals surface area contributed by atoms with Crippen molar-refractivity contribution in [1.29, 1.82) is 0 Å². The normalized spacial score (nSPS) is 11.4. The summed E-state index contributed by atoms with van der Waals surface area (Å²) in [5, 5.41) is 4.89. The summed E-state index contributed by atoms with van der Waals surface area (Å²) in [5.41, 5.74) is 2.80. The molecule has 4 aromatic heterocycles. The fourth-order valence-electron chi connectivity index (χ4n) is 3.87. The first-order valence-corrected chi connectivity index (χ1v) is 9.70. The van der Waals surface area contributed by atoms with Crippen LogP contribution in [0.25, 0.3) is 38.9 Å². The van der Waals surface area contributed by atoms with Crippen LogP contribution < -0.4 is 15.2 Å². The van der Waals surface area contributed by atoms with Crippen molar-refractivity contribution in [1.82, 2.24) is 28.9 Å². The molecule has 32 heavy (non-hydrogen) atoms. The zero-order chi connectivity index (χ0) is 22.6. The van der Waals surface area contributed by atoms with Gasteiger partial charge < -0.3 is 9.47 Å². The standard InChI is InChI=1S/C22H19FN6O3/c1-27-11-12(8-26-27)14-6-15-17(7-19(14)32-4)24-10-18-20(15)29(22(30)28(18)2)21-16(23)5-13(31-3)9-25-21/h5-11H,1-4H3. The summed E-state index contributed by atoms with van der Waals surface area (Å²) in [5.74, 6) is 0.0724. The average Bonchev–Trinajstić information content (AvgIpc) is 3.34. The van der Waals surface area contributed by atoms with Gasteiger partial charge in [0.2, 0.25) is 0 Å². The molecule has 0 aliphatic rings. The Morgan fingerprint density at radius 2 is 1.81 bits per heavy atom. The van der Waals surface area contributed by atoms with Crippen LogP contribution >= 0.6 is 0 Å². The van der Waals surface area contributed by atoms with Crippen LogP contribution in [0.15, 0.2) is 47.8 Å². The number of aryl methyl sites for hydroxylation is 2. The molecule has 0 fully saturated rings. The summed E-state index contributed by atoms with van der Waals surface area (Å²) < 4.78 is 29.9. The van der Waals surface area contributed by atoms with Gasteiger partial charge in [-0.2, -0.15) is 5.10 Å². The Balaban J connectivity index is 1.91. The summed E-state index contributed by atoms with van der Waals surface area (Å²) in [4.78, 5) is 21.8. The van der Waals surface area contributed by atoms with Gasteiger partial charge in [-0.05, 0) is 6.07 Å². The Bertz CT molecular complexity index is 1570. The summed E-state index contributed by atoms with van der Waals surface area (Å²) in [6.07, 6.45) is 6.54. The molecule has 162 valence electrons. The number of imidazole rings is 1. The molecule has 5 aromatic rings. The molecule has 0 amide bonds. The summed E-state index contributed by atoms with van der Waals surface area (Å²) >= 11 is 0. The van der Waals surface area contributed by atoms with Crippen molar-refractivity contribution in [3.05, 3.63) is 59.3 Å². The second-order valence-electron chi connectivity index (χ2n) is 7.32. The zero-order valence-corrected chi connectivity index (χ0v) is 17.8. The van der Waals surface area contributed by atoms with Crippen LogP contribution in [0.1, 0.15) is 0 Å². The van der Waals surface area contributed by atoms with Crippen molar-refractivity contribution in [2.75, 3.05) is 14.2 Å². The van der Waals surface area contributed by atoms with Gasteiger partial charge >= 0.3 is 5.69 Å². The molecule has 4 heterocycles. The van der Waals surface area contributed by atoms with E-state index in [1.54, 1.807) is 37.3 Å². The van der Waals surface area contributed by atoms with E-state index in [0.29, 0.717) is 27.7 Å². The highest BCUT2D eigenvalue weighted by Crippen LogP contribution is 2.36. The molecular formula is C22H19FN6O3. The van der Waals surface area contributed by atoms with Crippen molar-refractivity contribution in [3.8, 4) is 28.4 Å². The number of rotatable bonds is 4. The number of halogens is 1. The second kappa shape index (κ2) is 7.19. The first-order chi connectivity index (χ1) is 15.4. The van der Waals surface area contributed by atoms with E-state index in [1.165, 1.54) is 28.5 Å². The number of methoxy groups -OCH3 is 2. The highest BCUT2D eigenvalue weighted by atomic mass is 19.1. The van der Waals surface area contributed by atoms with Gasteiger partial charge in [0.05, 0.1) is 49.4 Å². The van der Waals surface area contributed by atoms with Crippen molar-refractivity contribution < 1.29 is 13.9 Å². The minimum atomic E-state index is -0.676. The third-order valence-electron chi connectivity index (χ3n) is 5.46. The molecule has 0 aliphatic carbocycles. The number of hydrogen-bond acceptors (Lipinski definition) is 6. The molecule has 0 radical (unpaired) electrons. The maximum absolute atomic E-state index is 14.9. The zero-order valence-electron chi connectivity index (χ0n) is 17.8. The number of nitrogens with zero attached hydrogens (tertiary/aromatic N) is 6. The van der Waals surface area contributed by atoms with Gasteiger partial charge in [-0.15, -0.1) is 0 Å². The van der Waals surface area contributed by atoms with E-state index in [0.717, 1.165) is 11.1 Å². The van der Waals surface area contributed by atoms with Gasteiger partial charge in [0.25, 0.3) is 0 Å². The first kappa shape index (κ1) is 19.7. The number of ether oxygens (including phenoxy) is 2. The predicted molar refractivity (Wildman–Crippen MR) is 117 cm³/mol. The molecular weight excluding hydrogens is 415 g/mol. The maximum Gasteiger partial charge on any atom is 0.334 e. The lowest BCUT2D eigenvalue weighted by Gasteiger charge is -2.11. The highest BCUT2D eigenvalue weighted by Gasteiger charge is 2.21. The van der Waals surface area contributed by atoms with E-state index in [2.05, 4.69) is 15.1 Å². The van der Waals surface area contributed by atoms with Gasteiger partial charge in [0, 0.05) is 48.9 Å². The van der Waals surface area contributed by atoms with Crippen molar-refractivity contribution in [2.45, 2.75) is 0 Å². The number of pyridine rings is 2. The monoisotopic (exact) mass is 434 g/mol. The molecule has 0 unspecified atom stereocenters. The Morgan fingerprint density at radius 1 is 1.00 bits per heavy atom. The lowest BCUT2D eigenvalue weighted by atomic mass is 10.0. The average molecular weight is 434 g/mol. The molecule has 0 spiro atoms. The Morgan fingerprint density at radius 3 is 2.47 bits per heavy atom. The van der Waals surface area contributed by atoms with Gasteiger partial charge in [0.1, 0.15) is 11.5 Å². The molecule has 0 aliphatic heterocycles. The predicted octanol–water partition coefficient (Wildman–Crippen LogP) is 2.83. The van der Waals surface area contributed by atoms with E-state index in [-0.39, 0.29) is 11.6 Å². The quantitative estimate of drug-likeness (QED) is 0.432. The van der Waals surface area contributed by atoms with E-state index < -0.39 is 11.5 Å².